The molecule has 1 saturated heterocycles. The second-order valence-corrected chi connectivity index (χ2v) is 4.83. The van der Waals surface area contributed by atoms with Crippen LogP contribution in [0.15, 0.2) is 0 Å². The predicted molar refractivity (Wildman–Crippen MR) is 56.8 cm³/mol. The molecule has 0 bridgehead atoms. The number of piperidine rings is 1. The summed E-state index contributed by atoms with van der Waals surface area (Å²) < 4.78 is 5.01. The van der Waals surface area contributed by atoms with Gasteiger partial charge in [0.2, 0.25) is 5.91 Å². The fourth-order valence-corrected chi connectivity index (χ4v) is 1.38. The number of aliphatic hydroxyl groups excluding tert-OH is 1. The van der Waals surface area contributed by atoms with Crippen molar-refractivity contribution in [1.82, 2.24) is 10.6 Å². The highest BCUT2D eigenvalue weighted by Crippen LogP contribution is 2.09. The summed E-state index contributed by atoms with van der Waals surface area (Å²) in [6.45, 7) is 5.44. The molecule has 0 unspecified atom stereocenters. The van der Waals surface area contributed by atoms with Crippen LogP contribution in [-0.4, -0.2) is 41.4 Å². The average molecular weight is 230 g/mol. The zero-order chi connectivity index (χ0) is 12.3. The van der Waals surface area contributed by atoms with Gasteiger partial charge in [0.05, 0.1) is 6.10 Å². The number of hydrogen-bond donors (Lipinski definition) is 3. The normalized spacial score (nSPS) is 25.9. The minimum absolute atomic E-state index is 0.213. The Kier molecular flexibility index (Phi) is 3.74. The molecule has 2 atom stereocenters. The largest absolute Gasteiger partial charge is 0.444 e. The van der Waals surface area contributed by atoms with Crippen molar-refractivity contribution in [3.8, 4) is 0 Å². The number of amides is 2. The van der Waals surface area contributed by atoms with Gasteiger partial charge in [0.1, 0.15) is 11.6 Å². The Morgan fingerprint density at radius 1 is 1.56 bits per heavy atom. The van der Waals surface area contributed by atoms with E-state index < -0.39 is 23.8 Å². The van der Waals surface area contributed by atoms with Crippen LogP contribution < -0.4 is 10.6 Å². The molecule has 2 amide bonds. The van der Waals surface area contributed by atoms with Crippen LogP contribution in [0.1, 0.15) is 27.2 Å². The van der Waals surface area contributed by atoms with Crippen LogP contribution in [0.4, 0.5) is 4.79 Å². The maximum Gasteiger partial charge on any atom is 0.408 e. The molecule has 1 fully saturated rings. The van der Waals surface area contributed by atoms with Crippen molar-refractivity contribution in [3.05, 3.63) is 0 Å². The molecule has 1 rings (SSSR count). The first-order chi connectivity index (χ1) is 7.28. The molecule has 0 aromatic rings. The molecule has 0 spiro atoms. The summed E-state index contributed by atoms with van der Waals surface area (Å²) in [7, 11) is 0. The Hall–Kier alpha value is -1.30. The molecule has 0 radical (unpaired) electrons. The number of hydrogen-bond acceptors (Lipinski definition) is 4. The molecule has 1 heterocycles. The molecule has 1 aliphatic rings. The van der Waals surface area contributed by atoms with Gasteiger partial charge in [-0.15, -0.1) is 0 Å². The third-order valence-corrected chi connectivity index (χ3v) is 2.03. The van der Waals surface area contributed by atoms with Gasteiger partial charge in [0.15, 0.2) is 0 Å². The topological polar surface area (TPSA) is 87.7 Å². The minimum Gasteiger partial charge on any atom is -0.444 e. The summed E-state index contributed by atoms with van der Waals surface area (Å²) in [6, 6.07) is -0.724. The fraction of sp³-hybridized carbons (Fsp3) is 0.800. The molecule has 0 aromatic heterocycles. The third-order valence-electron chi connectivity index (χ3n) is 2.03. The molecule has 0 aliphatic carbocycles. The van der Waals surface area contributed by atoms with Gasteiger partial charge in [-0.1, -0.05) is 0 Å². The first-order valence-electron chi connectivity index (χ1n) is 5.23. The lowest BCUT2D eigenvalue weighted by Gasteiger charge is -2.28. The van der Waals surface area contributed by atoms with Crippen molar-refractivity contribution in [2.75, 3.05) is 6.54 Å². The summed E-state index contributed by atoms with van der Waals surface area (Å²) in [5, 5.41) is 14.2. The van der Waals surface area contributed by atoms with Crippen molar-refractivity contribution < 1.29 is 19.4 Å². The molecular weight excluding hydrogens is 212 g/mol. The van der Waals surface area contributed by atoms with Crippen LogP contribution in [0.25, 0.3) is 0 Å². The first-order valence-corrected chi connectivity index (χ1v) is 5.23. The number of rotatable bonds is 1. The Balaban J connectivity index is 2.46. The molecular formula is C10H18N2O4. The second kappa shape index (κ2) is 4.69. The average Bonchev–Trinajstić information content (AvgIpc) is 2.08. The maximum absolute atomic E-state index is 11.4. The van der Waals surface area contributed by atoms with Gasteiger partial charge in [0.25, 0.3) is 0 Å². The van der Waals surface area contributed by atoms with E-state index in [2.05, 4.69) is 10.6 Å². The van der Waals surface area contributed by atoms with Crippen molar-refractivity contribution >= 4 is 12.0 Å². The lowest BCUT2D eigenvalue weighted by molar-refractivity contribution is -0.126. The molecule has 6 heteroatoms. The first kappa shape index (κ1) is 12.8. The van der Waals surface area contributed by atoms with E-state index in [0.717, 1.165) is 0 Å². The zero-order valence-corrected chi connectivity index (χ0v) is 9.74. The third kappa shape index (κ3) is 4.06. The molecule has 6 nitrogen and oxygen atoms in total. The standard InChI is InChI=1S/C10H18N2O4/c1-10(2,3)16-9(15)12-7-4-6(13)5-11-8(7)14/h6-7,13H,4-5H2,1-3H3,(H,11,14)(H,12,15)/t6-,7+/m1/s1. The van der Waals surface area contributed by atoms with E-state index >= 15 is 0 Å². The van der Waals surface area contributed by atoms with Crippen LogP contribution in [0.5, 0.6) is 0 Å². The number of nitrogens with one attached hydrogen (secondary N) is 2. The molecule has 0 aromatic carbocycles. The predicted octanol–water partition coefficient (Wildman–Crippen LogP) is -0.240. The SMILES string of the molecule is CC(C)(C)OC(=O)N[C@H]1C[C@@H](O)CNC1=O. The van der Waals surface area contributed by atoms with Gasteiger partial charge in [-0.25, -0.2) is 4.79 Å². The molecule has 0 saturated carbocycles. The highest BCUT2D eigenvalue weighted by atomic mass is 16.6. The van der Waals surface area contributed by atoms with Crippen LogP contribution >= 0.6 is 0 Å². The number of ether oxygens (including phenoxy) is 1. The quantitative estimate of drug-likeness (QED) is 0.580. The second-order valence-electron chi connectivity index (χ2n) is 4.83. The van der Waals surface area contributed by atoms with E-state index in [0.29, 0.717) is 0 Å². The Labute approximate surface area is 94.3 Å². The summed E-state index contributed by atoms with van der Waals surface area (Å²) in [6.07, 6.45) is -1.06. The van der Waals surface area contributed by atoms with Gasteiger partial charge in [-0.2, -0.15) is 0 Å². The van der Waals surface area contributed by atoms with Crippen molar-refractivity contribution in [1.29, 1.82) is 0 Å². The summed E-state index contributed by atoms with van der Waals surface area (Å²) in [4.78, 5) is 22.7. The zero-order valence-electron chi connectivity index (χ0n) is 9.74. The summed E-state index contributed by atoms with van der Waals surface area (Å²) in [5.41, 5.74) is -0.603. The lowest BCUT2D eigenvalue weighted by Crippen LogP contribution is -2.55. The Morgan fingerprint density at radius 3 is 2.75 bits per heavy atom. The summed E-state index contributed by atoms with van der Waals surface area (Å²) in [5.74, 6) is -0.295. The van der Waals surface area contributed by atoms with Crippen molar-refractivity contribution in [3.63, 3.8) is 0 Å². The van der Waals surface area contributed by atoms with Gasteiger partial charge in [-0.05, 0) is 20.8 Å². The number of aliphatic hydroxyl groups is 1. The van der Waals surface area contributed by atoms with Crippen LogP contribution in [0.3, 0.4) is 0 Å². The minimum atomic E-state index is -0.724. The number of β-amino-alcohol motifs (C(OH)–C–C–N with tert-alkyl or cyclic N) is 1. The van der Waals surface area contributed by atoms with E-state index in [4.69, 9.17) is 4.74 Å². The fourth-order valence-electron chi connectivity index (χ4n) is 1.38. The van der Waals surface area contributed by atoms with Gasteiger partial charge in [0, 0.05) is 13.0 Å². The van der Waals surface area contributed by atoms with E-state index in [9.17, 15) is 14.7 Å². The molecule has 1 aliphatic heterocycles. The van der Waals surface area contributed by atoms with Crippen molar-refractivity contribution in [2.24, 2.45) is 0 Å². The van der Waals surface area contributed by atoms with E-state index in [-0.39, 0.29) is 18.9 Å². The highest BCUT2D eigenvalue weighted by Gasteiger charge is 2.30. The molecule has 16 heavy (non-hydrogen) atoms. The lowest BCUT2D eigenvalue weighted by atomic mass is 10.0. The molecule has 3 N–H and O–H groups in total. The summed E-state index contributed by atoms with van der Waals surface area (Å²) >= 11 is 0. The van der Waals surface area contributed by atoms with Crippen LogP contribution in [0, 0.1) is 0 Å². The van der Waals surface area contributed by atoms with Crippen molar-refractivity contribution in [2.45, 2.75) is 44.9 Å². The van der Waals surface area contributed by atoms with E-state index in [1.807, 2.05) is 0 Å². The number of alkyl carbamates (subject to hydrolysis) is 1. The maximum atomic E-state index is 11.4. The van der Waals surface area contributed by atoms with Gasteiger partial charge >= 0.3 is 6.09 Å². The van der Waals surface area contributed by atoms with Crippen LogP contribution in [-0.2, 0) is 9.53 Å². The van der Waals surface area contributed by atoms with E-state index in [1.165, 1.54) is 0 Å². The Morgan fingerprint density at radius 2 is 2.19 bits per heavy atom. The van der Waals surface area contributed by atoms with Gasteiger partial charge in [-0.3, -0.25) is 4.79 Å². The smallest absolute Gasteiger partial charge is 0.408 e. The van der Waals surface area contributed by atoms with Gasteiger partial charge < -0.3 is 20.5 Å². The van der Waals surface area contributed by atoms with Crippen LogP contribution in [0.2, 0.25) is 0 Å². The monoisotopic (exact) mass is 230 g/mol. The Bertz CT molecular complexity index is 285. The molecule has 92 valence electrons. The highest BCUT2D eigenvalue weighted by molar-refractivity contribution is 5.86. The number of carbonyl (C=O) groups is 2. The number of carbonyl (C=O) groups excluding carboxylic acids is 2. The van der Waals surface area contributed by atoms with E-state index in [1.54, 1.807) is 20.8 Å².